The van der Waals surface area contributed by atoms with E-state index >= 15 is 0 Å². The number of rotatable bonds is 5. The van der Waals surface area contributed by atoms with E-state index in [1.54, 1.807) is 30.3 Å². The van der Waals surface area contributed by atoms with E-state index in [1.807, 2.05) is 6.07 Å². The molecule has 1 amide bonds. The highest BCUT2D eigenvalue weighted by Crippen LogP contribution is 2.28. The van der Waals surface area contributed by atoms with Gasteiger partial charge >= 0.3 is 0 Å². The third-order valence-electron chi connectivity index (χ3n) is 3.21. The number of nitrogens with one attached hydrogen (secondary N) is 1. The molecule has 2 aromatic rings. The fourth-order valence-corrected chi connectivity index (χ4v) is 2.00. The van der Waals surface area contributed by atoms with E-state index < -0.39 is 5.91 Å². The molecule has 0 radical (unpaired) electrons. The number of hydrogen-bond donors (Lipinski definition) is 2. The van der Waals surface area contributed by atoms with Crippen molar-refractivity contribution in [2.45, 2.75) is 0 Å². The summed E-state index contributed by atoms with van der Waals surface area (Å²) in [5, 5.41) is 21.1. The zero-order valence-electron chi connectivity index (χ0n) is 13.2. The minimum absolute atomic E-state index is 0.0599. The van der Waals surface area contributed by atoms with Crippen LogP contribution >= 0.6 is 0 Å². The smallest absolute Gasteiger partial charge is 0.266 e. The molecule has 0 heterocycles. The van der Waals surface area contributed by atoms with Gasteiger partial charge in [0.05, 0.1) is 14.2 Å². The number of phenolic OH excluding ortho intramolecular Hbond substituents is 1. The van der Waals surface area contributed by atoms with Crippen LogP contribution in [0, 0.1) is 11.3 Å². The summed E-state index contributed by atoms with van der Waals surface area (Å²) in [5.41, 5.74) is 1.05. The molecule has 2 aromatic carbocycles. The minimum atomic E-state index is -0.544. The Morgan fingerprint density at radius 2 is 1.79 bits per heavy atom. The minimum Gasteiger partial charge on any atom is -0.508 e. The topological polar surface area (TPSA) is 91.6 Å². The number of ether oxygens (including phenoxy) is 2. The average molecular weight is 324 g/mol. The maximum absolute atomic E-state index is 12.2. The highest BCUT2D eigenvalue weighted by molar-refractivity contribution is 6.09. The zero-order chi connectivity index (χ0) is 17.5. The fraction of sp³-hybridized carbons (Fsp3) is 0.111. The highest BCUT2D eigenvalue weighted by Gasteiger charge is 2.11. The van der Waals surface area contributed by atoms with E-state index in [0.717, 1.165) is 0 Å². The van der Waals surface area contributed by atoms with Crippen molar-refractivity contribution < 1.29 is 19.4 Å². The Kier molecular flexibility index (Phi) is 5.42. The average Bonchev–Trinajstić information content (AvgIpc) is 2.61. The number of nitriles is 1. The molecule has 0 aromatic heterocycles. The van der Waals surface area contributed by atoms with E-state index in [9.17, 15) is 15.2 Å². The van der Waals surface area contributed by atoms with Crippen LogP contribution in [0.5, 0.6) is 17.2 Å². The Morgan fingerprint density at radius 3 is 2.38 bits per heavy atom. The third-order valence-corrected chi connectivity index (χ3v) is 3.21. The number of methoxy groups -OCH3 is 2. The van der Waals surface area contributed by atoms with Gasteiger partial charge in [0.1, 0.15) is 17.4 Å². The number of benzene rings is 2. The summed E-state index contributed by atoms with van der Waals surface area (Å²) in [6, 6.07) is 12.9. The molecule has 0 fully saturated rings. The van der Waals surface area contributed by atoms with Crippen LogP contribution in [0.25, 0.3) is 6.08 Å². The number of anilines is 1. The summed E-state index contributed by atoms with van der Waals surface area (Å²) >= 11 is 0. The summed E-state index contributed by atoms with van der Waals surface area (Å²) in [5.74, 6) is 0.608. The van der Waals surface area contributed by atoms with Crippen molar-refractivity contribution in [3.63, 3.8) is 0 Å². The van der Waals surface area contributed by atoms with Crippen molar-refractivity contribution in [3.05, 3.63) is 53.6 Å². The van der Waals surface area contributed by atoms with Crippen molar-refractivity contribution >= 4 is 17.7 Å². The number of hydrogen-bond acceptors (Lipinski definition) is 5. The van der Waals surface area contributed by atoms with Gasteiger partial charge in [-0.05, 0) is 48.0 Å². The molecule has 0 bridgehead atoms. The van der Waals surface area contributed by atoms with Crippen LogP contribution in [0.3, 0.4) is 0 Å². The third kappa shape index (κ3) is 4.05. The van der Waals surface area contributed by atoms with Gasteiger partial charge in [0, 0.05) is 5.69 Å². The van der Waals surface area contributed by atoms with Gasteiger partial charge in [0.2, 0.25) is 0 Å². The first-order valence-electron chi connectivity index (χ1n) is 7.01. The molecule has 24 heavy (non-hydrogen) atoms. The molecule has 0 unspecified atom stereocenters. The van der Waals surface area contributed by atoms with Crippen LogP contribution in [-0.4, -0.2) is 25.2 Å². The predicted octanol–water partition coefficient (Wildman–Crippen LogP) is 2.96. The SMILES string of the molecule is COc1ccc(/C=C(\C#N)C(=O)Nc2ccc(O)cc2)cc1OC. The van der Waals surface area contributed by atoms with E-state index in [-0.39, 0.29) is 11.3 Å². The first-order valence-corrected chi connectivity index (χ1v) is 7.01. The van der Waals surface area contributed by atoms with Crippen molar-refractivity contribution in [2.75, 3.05) is 19.5 Å². The number of carbonyl (C=O) groups excluding carboxylic acids is 1. The van der Waals surface area contributed by atoms with Crippen molar-refractivity contribution in [2.24, 2.45) is 0 Å². The standard InChI is InChI=1S/C18H16N2O4/c1-23-16-8-3-12(10-17(16)24-2)9-13(11-19)18(22)20-14-4-6-15(21)7-5-14/h3-10,21H,1-2H3,(H,20,22)/b13-9+. The van der Waals surface area contributed by atoms with E-state index in [0.29, 0.717) is 22.7 Å². The zero-order valence-corrected chi connectivity index (χ0v) is 13.2. The van der Waals surface area contributed by atoms with Gasteiger partial charge in [-0.3, -0.25) is 4.79 Å². The summed E-state index contributed by atoms with van der Waals surface area (Å²) in [6.45, 7) is 0. The van der Waals surface area contributed by atoms with E-state index in [4.69, 9.17) is 9.47 Å². The molecule has 6 nitrogen and oxygen atoms in total. The van der Waals surface area contributed by atoms with Crippen LogP contribution in [0.4, 0.5) is 5.69 Å². The van der Waals surface area contributed by atoms with Crippen LogP contribution in [0.15, 0.2) is 48.0 Å². The van der Waals surface area contributed by atoms with Gasteiger partial charge in [-0.25, -0.2) is 0 Å². The molecule has 2 N–H and O–H groups in total. The molecular formula is C18H16N2O4. The van der Waals surface area contributed by atoms with Gasteiger partial charge < -0.3 is 19.9 Å². The Hall–Kier alpha value is -3.46. The fourth-order valence-electron chi connectivity index (χ4n) is 2.00. The number of amides is 1. The number of aromatic hydroxyl groups is 1. The van der Waals surface area contributed by atoms with Gasteiger partial charge in [0.25, 0.3) is 5.91 Å². The molecule has 0 aliphatic rings. The lowest BCUT2D eigenvalue weighted by atomic mass is 10.1. The lowest BCUT2D eigenvalue weighted by molar-refractivity contribution is -0.112. The van der Waals surface area contributed by atoms with E-state index in [2.05, 4.69) is 5.32 Å². The number of carbonyl (C=O) groups is 1. The highest BCUT2D eigenvalue weighted by atomic mass is 16.5. The Labute approximate surface area is 139 Å². The normalized spacial score (nSPS) is 10.6. The molecular weight excluding hydrogens is 308 g/mol. The maximum Gasteiger partial charge on any atom is 0.266 e. The lowest BCUT2D eigenvalue weighted by Gasteiger charge is -2.08. The summed E-state index contributed by atoms with van der Waals surface area (Å²) in [7, 11) is 3.03. The molecule has 2 rings (SSSR count). The Morgan fingerprint density at radius 1 is 1.12 bits per heavy atom. The first kappa shape index (κ1) is 16.9. The lowest BCUT2D eigenvalue weighted by Crippen LogP contribution is -2.13. The molecule has 0 saturated heterocycles. The van der Waals surface area contributed by atoms with Crippen LogP contribution in [-0.2, 0) is 4.79 Å². The molecule has 6 heteroatoms. The number of nitrogens with zero attached hydrogens (tertiary/aromatic N) is 1. The molecule has 122 valence electrons. The largest absolute Gasteiger partial charge is 0.508 e. The van der Waals surface area contributed by atoms with Gasteiger partial charge in [-0.1, -0.05) is 6.07 Å². The van der Waals surface area contributed by atoms with Crippen LogP contribution in [0.2, 0.25) is 0 Å². The van der Waals surface area contributed by atoms with Crippen molar-refractivity contribution in [1.82, 2.24) is 0 Å². The van der Waals surface area contributed by atoms with Gasteiger partial charge in [0.15, 0.2) is 11.5 Å². The van der Waals surface area contributed by atoms with Crippen LogP contribution < -0.4 is 14.8 Å². The van der Waals surface area contributed by atoms with Gasteiger partial charge in [-0.15, -0.1) is 0 Å². The molecule has 0 atom stereocenters. The second-order valence-electron chi connectivity index (χ2n) is 4.79. The Bertz CT molecular complexity index is 805. The molecule has 0 spiro atoms. The Balaban J connectivity index is 2.23. The van der Waals surface area contributed by atoms with E-state index in [1.165, 1.54) is 32.4 Å². The predicted molar refractivity (Wildman–Crippen MR) is 89.9 cm³/mol. The number of phenols is 1. The van der Waals surface area contributed by atoms with Crippen LogP contribution in [0.1, 0.15) is 5.56 Å². The first-order chi connectivity index (χ1) is 11.6. The second-order valence-corrected chi connectivity index (χ2v) is 4.79. The van der Waals surface area contributed by atoms with Gasteiger partial charge in [-0.2, -0.15) is 5.26 Å². The molecule has 0 saturated carbocycles. The monoisotopic (exact) mass is 324 g/mol. The van der Waals surface area contributed by atoms with Crippen molar-refractivity contribution in [1.29, 1.82) is 5.26 Å². The van der Waals surface area contributed by atoms with Crippen molar-refractivity contribution in [3.8, 4) is 23.3 Å². The maximum atomic E-state index is 12.2. The summed E-state index contributed by atoms with van der Waals surface area (Å²) in [4.78, 5) is 12.2. The summed E-state index contributed by atoms with van der Waals surface area (Å²) in [6.07, 6.45) is 1.46. The molecule has 0 aliphatic heterocycles. The molecule has 0 aliphatic carbocycles. The quantitative estimate of drug-likeness (QED) is 0.501. The summed E-state index contributed by atoms with van der Waals surface area (Å²) < 4.78 is 10.3. The second kappa shape index (κ2) is 7.70.